The van der Waals surface area contributed by atoms with Crippen LogP contribution in [-0.4, -0.2) is 183 Å². The summed E-state index contributed by atoms with van der Waals surface area (Å²) in [4.78, 5) is 124. The van der Waals surface area contributed by atoms with Gasteiger partial charge in [-0.25, -0.2) is 13.1 Å². The van der Waals surface area contributed by atoms with Gasteiger partial charge in [-0.2, -0.15) is 0 Å². The maximum atomic E-state index is 16.7. The summed E-state index contributed by atoms with van der Waals surface area (Å²) in [5.41, 5.74) is 10.6. The highest BCUT2D eigenvalue weighted by molar-refractivity contribution is 7.89. The van der Waals surface area contributed by atoms with Gasteiger partial charge in [0.05, 0.1) is 45.9 Å². The maximum Gasteiger partial charge on any atom is 0.246 e. The lowest BCUT2D eigenvalue weighted by molar-refractivity contribution is -0.328. The molecule has 15 bridgehead atoms. The molecule has 5 aromatic carbocycles. The van der Waals surface area contributed by atoms with Gasteiger partial charge in [0.1, 0.15) is 83.4 Å². The molecule has 7 aliphatic heterocycles. The number of unbranched alkanes of at least 4 members (excludes halogenated alkanes) is 7. The van der Waals surface area contributed by atoms with E-state index >= 15 is 28.8 Å². The van der Waals surface area contributed by atoms with Crippen LogP contribution in [0.4, 0.5) is 0 Å². The Balaban J connectivity index is 0.978. The first kappa shape index (κ1) is 96.9. The largest absolute Gasteiger partial charge is 0.507 e. The maximum absolute atomic E-state index is 16.7. The summed E-state index contributed by atoms with van der Waals surface area (Å²) >= 11 is 14.6. The number of benzene rings is 5. The van der Waals surface area contributed by atoms with E-state index in [1.54, 1.807) is 13.8 Å². The molecule has 128 heavy (non-hydrogen) atoms. The number of hydrogen-bond donors (Lipinski definition) is 16. The van der Waals surface area contributed by atoms with Crippen molar-refractivity contribution in [2.24, 2.45) is 64.7 Å². The molecule has 5 amide bonds. The zero-order valence-corrected chi connectivity index (χ0v) is 75.2. The first-order valence-electron chi connectivity index (χ1n) is 45.0. The highest BCUT2D eigenvalue weighted by atomic mass is 35.5. The lowest BCUT2D eigenvalue weighted by Crippen LogP contribution is -2.62. The number of aliphatic hydroxyl groups excluding tert-OH is 5. The standard InChI is InChI=1S/C93H122Cl2N8O24S/c1-7-9-10-11-12-13-14-15-24-128(120,121)99-23-22-98-42-61-66(106)40-60-77(84(61)113)59-31-50(16-19-65(59)105)58-39-68(108)78-55-35-72(123-70-20-17-51(32-62(70)94)82(111)80(102-89(116)49(8-2)25-44(3)4)67(107)34-56(37-75(97)110)90(117)100-78)87(127-93-88(86(115)85(114)74(43-104)125-93)126-76-41-64(96)45(5)46(6)122-76)73(36-55)124-71-21-18-52(33-63(71)95)83(112)81(103-91(58)118)92(119)101-79(60)69(109)38-57-53-27-47-26-48(29-53)30-54(57)28-47/h16-21,31-33,35-36,40,44-49,53-54,56-58,64,74,76,78-83,85-86,88,93,98-99,104-106,111-115H,7-15,22-30,34,37-39,41-43,96H2,1-6H3,(H2,97,110)(H,100,117)(H,101,119)(H,102,116)(H,103,118)/t45-,46+,47?,48?,49-,53?,54?,56+,57?,58-,64+,74-,76+,78-,79+,80+,81+,82-,83-,85-,86+,88-,93+/m1/s1. The second kappa shape index (κ2) is 42.3. The van der Waals surface area contributed by atoms with Crippen LogP contribution in [0.2, 0.25) is 10.0 Å². The second-order valence-corrected chi connectivity index (χ2v) is 39.5. The smallest absolute Gasteiger partial charge is 0.246 e. The predicted octanol–water partition coefficient (Wildman–Crippen LogP) is 9.50. The molecular weight excluding hydrogens is 1720 g/mol. The Morgan fingerprint density at radius 3 is 1.91 bits per heavy atom. The summed E-state index contributed by atoms with van der Waals surface area (Å²) in [6, 6.07) is 5.95. The van der Waals surface area contributed by atoms with Crippen molar-refractivity contribution < 1.29 is 116 Å². The molecule has 0 aromatic heterocycles. The fraction of sp³-hybridized carbons (Fsp3) is 0.591. The van der Waals surface area contributed by atoms with Crippen molar-refractivity contribution in [1.29, 1.82) is 0 Å². The number of rotatable bonds is 30. The number of hydrogen-bond acceptors (Lipinski definition) is 26. The van der Waals surface area contributed by atoms with Gasteiger partial charge < -0.3 is 107 Å². The number of halogens is 2. The van der Waals surface area contributed by atoms with Crippen LogP contribution in [0.3, 0.4) is 0 Å². The molecular formula is C93H122Cl2N8O24S. The molecule has 5 aromatic rings. The van der Waals surface area contributed by atoms with Crippen LogP contribution in [0.1, 0.15) is 234 Å². The predicted molar refractivity (Wildman–Crippen MR) is 470 cm³/mol. The number of aliphatic hydroxyl groups is 5. The summed E-state index contributed by atoms with van der Waals surface area (Å²) in [7, 11) is -3.74. The SMILES string of the molecule is CCCCCCCCCCS(=O)(=O)NCCNCc1c(O)cc2c(c1O)-c1cc(ccc1O)[C@H]1CC(=O)[C@@H]3NC(=O)[C@H](CC(N)=O)CC(=O)[C@H](NC(=O)[C@H](CC)CC(C)C)[C@H](O)c4ccc(c(Cl)c4)Oc4cc3cc(c4O[C@@H]3O[C@H](CO)[C@@H](O)[C@H](O)[C@H]3O[C@H]3C[C@H](N)[C@H](C)[C@H](C)O3)Oc3ccc(cc3Cl)[C@@H](O)[C@H](NC1=O)C(=O)N[C@@H]2C(=O)CC1C2CC3CC(C2)CC1C3. The molecule has 0 unspecified atom stereocenters. The van der Waals surface area contributed by atoms with Crippen LogP contribution in [0.15, 0.2) is 72.8 Å². The van der Waals surface area contributed by atoms with E-state index in [1.165, 1.54) is 48.5 Å². The molecule has 18 N–H and O–H groups in total. The number of phenols is 3. The number of sulfonamides is 1. The average molecular weight is 1840 g/mol. The second-order valence-electron chi connectivity index (χ2n) is 36.7. The van der Waals surface area contributed by atoms with Crippen molar-refractivity contribution in [3.8, 4) is 57.1 Å². The Morgan fingerprint density at radius 1 is 0.672 bits per heavy atom. The Morgan fingerprint density at radius 2 is 1.30 bits per heavy atom. The van der Waals surface area contributed by atoms with E-state index in [4.69, 9.17) is 63.1 Å². The summed E-state index contributed by atoms with van der Waals surface area (Å²) < 4.78 is 68.6. The van der Waals surface area contributed by atoms with Gasteiger partial charge in [0, 0.05) is 74.8 Å². The Hall–Kier alpha value is -8.65. The number of nitrogens with two attached hydrogens (primary N) is 2. The molecule has 35 heteroatoms. The van der Waals surface area contributed by atoms with E-state index < -0.39 is 221 Å². The lowest BCUT2D eigenvalue weighted by atomic mass is 9.51. The number of aromatic hydroxyl groups is 3. The van der Waals surface area contributed by atoms with Crippen molar-refractivity contribution in [2.75, 3.05) is 25.4 Å². The Bertz CT molecular complexity index is 4980. The molecule has 698 valence electrons. The zero-order chi connectivity index (χ0) is 92.0. The number of carbonyl (C=O) groups is 8. The van der Waals surface area contributed by atoms with Crippen LogP contribution in [0, 0.1) is 53.3 Å². The van der Waals surface area contributed by atoms with E-state index in [9.17, 15) is 58.9 Å². The number of ketones is 3. The number of Topliss-reactive ketones (excluding diaryl/α,β-unsaturated/α-hetero) is 3. The molecule has 11 aliphatic rings. The van der Waals surface area contributed by atoms with Crippen molar-refractivity contribution in [2.45, 2.75) is 268 Å². The Kier molecular flexibility index (Phi) is 32.0. The van der Waals surface area contributed by atoms with Crippen molar-refractivity contribution in [3.05, 3.63) is 116 Å². The fourth-order valence-electron chi connectivity index (χ4n) is 20.1. The van der Waals surface area contributed by atoms with Gasteiger partial charge in [-0.3, -0.25) is 38.4 Å². The van der Waals surface area contributed by atoms with E-state index in [-0.39, 0.29) is 134 Å². The number of amides is 5. The van der Waals surface area contributed by atoms with Crippen molar-refractivity contribution in [1.82, 2.24) is 31.3 Å². The minimum absolute atomic E-state index is 0.0182. The number of ether oxygens (including phenoxy) is 6. The molecule has 0 spiro atoms. The number of phenolic OH excluding ortho intramolecular Hbond substituents is 3. The molecule has 6 fully saturated rings. The molecule has 0 radical (unpaired) electrons. The van der Waals surface area contributed by atoms with E-state index in [2.05, 4.69) is 38.2 Å². The van der Waals surface area contributed by atoms with E-state index in [0.29, 0.717) is 31.1 Å². The normalized spacial score (nSPS) is 29.7. The van der Waals surface area contributed by atoms with Crippen LogP contribution in [0.5, 0.6) is 46.0 Å². The third-order valence-corrected chi connectivity index (χ3v) is 29.2. The summed E-state index contributed by atoms with van der Waals surface area (Å²) in [5, 5.41) is 111. The van der Waals surface area contributed by atoms with Crippen molar-refractivity contribution >= 4 is 80.1 Å². The third-order valence-electron chi connectivity index (χ3n) is 27.2. The first-order chi connectivity index (χ1) is 61.0. The summed E-state index contributed by atoms with van der Waals surface area (Å²) in [6.45, 7) is 9.84. The van der Waals surface area contributed by atoms with Crippen LogP contribution in [0.25, 0.3) is 11.1 Å². The lowest BCUT2D eigenvalue weighted by Gasteiger charge is -2.54. The monoisotopic (exact) mass is 1840 g/mol. The molecule has 18 atom stereocenters. The van der Waals surface area contributed by atoms with Crippen molar-refractivity contribution in [3.63, 3.8) is 0 Å². The highest BCUT2D eigenvalue weighted by Gasteiger charge is 2.53. The molecule has 4 saturated carbocycles. The third kappa shape index (κ3) is 22.4. The quantitative estimate of drug-likeness (QED) is 0.0190. The van der Waals surface area contributed by atoms with Gasteiger partial charge in [0.25, 0.3) is 0 Å². The summed E-state index contributed by atoms with van der Waals surface area (Å²) in [5.74, 6) is -16.2. The van der Waals surface area contributed by atoms with Gasteiger partial charge in [-0.05, 0) is 182 Å². The first-order valence-corrected chi connectivity index (χ1v) is 47.4. The molecule has 7 heterocycles. The molecule has 32 nitrogen and oxygen atoms in total. The van der Waals surface area contributed by atoms with Crippen LogP contribution >= 0.6 is 23.2 Å². The minimum atomic E-state index is -3.74. The molecule has 16 rings (SSSR count). The summed E-state index contributed by atoms with van der Waals surface area (Å²) in [6.07, 6.45) is -5.23. The zero-order valence-electron chi connectivity index (χ0n) is 72.9. The molecule has 4 aliphatic carbocycles. The average Bonchev–Trinajstić information content (AvgIpc) is 0.749. The molecule has 2 saturated heterocycles. The number of fused-ring (bicyclic) bond motifs is 15. The van der Waals surface area contributed by atoms with E-state index in [1.807, 2.05) is 20.8 Å². The number of nitrogens with one attached hydrogen (secondary N) is 6. The fourth-order valence-corrected chi connectivity index (χ4v) is 21.7. The van der Waals surface area contributed by atoms with Gasteiger partial charge in [-0.15, -0.1) is 0 Å². The number of carbonyl (C=O) groups excluding carboxylic acids is 8. The highest BCUT2D eigenvalue weighted by Crippen LogP contribution is 2.59. The Labute approximate surface area is 754 Å². The van der Waals surface area contributed by atoms with Crippen LogP contribution in [-0.2, 0) is 69.1 Å². The van der Waals surface area contributed by atoms with Crippen LogP contribution < -0.4 is 57.0 Å². The van der Waals surface area contributed by atoms with E-state index in [0.717, 1.165) is 101 Å². The minimum Gasteiger partial charge on any atom is -0.507 e. The van der Waals surface area contributed by atoms with Gasteiger partial charge in [0.15, 0.2) is 41.2 Å². The topological polar surface area (TPSA) is 512 Å². The number of primary amides is 1. The van der Waals surface area contributed by atoms with Gasteiger partial charge in [0.2, 0.25) is 51.6 Å². The van der Waals surface area contributed by atoms with Gasteiger partial charge >= 0.3 is 0 Å². The van der Waals surface area contributed by atoms with Gasteiger partial charge in [-0.1, -0.05) is 121 Å².